The highest BCUT2D eigenvalue weighted by Gasteiger charge is 2.54. The number of nitrogens with zero attached hydrogens (tertiary/aromatic N) is 1. The Morgan fingerprint density at radius 1 is 1.25 bits per heavy atom. The zero-order valence-corrected chi connectivity index (χ0v) is 11.1. The van der Waals surface area contributed by atoms with Crippen molar-refractivity contribution in [1.82, 2.24) is 0 Å². The minimum absolute atomic E-state index is 0.217. The lowest BCUT2D eigenvalue weighted by Crippen LogP contribution is -2.38. The molecule has 0 spiro atoms. The van der Waals surface area contributed by atoms with Crippen molar-refractivity contribution in [2.24, 2.45) is 0 Å². The maximum Gasteiger partial charge on any atom is 0.274 e. The molecule has 0 fully saturated rings. The molecule has 1 aliphatic rings. The van der Waals surface area contributed by atoms with Gasteiger partial charge in [-0.15, -0.1) is 0 Å². The summed E-state index contributed by atoms with van der Waals surface area (Å²) in [6.07, 6.45) is 0. The molecule has 1 heterocycles. The molecule has 0 saturated heterocycles. The Kier molecular flexibility index (Phi) is 2.64. The van der Waals surface area contributed by atoms with E-state index in [9.17, 15) is 8.42 Å². The SMILES string of the molecule is CC(C)N1c2ccccc2C(Cl)(Cl)S1(=O)=O. The molecule has 0 saturated carbocycles. The van der Waals surface area contributed by atoms with Crippen LogP contribution in [0.15, 0.2) is 24.3 Å². The van der Waals surface area contributed by atoms with Crippen LogP contribution in [0.3, 0.4) is 0 Å². The van der Waals surface area contributed by atoms with Gasteiger partial charge in [0.1, 0.15) is 0 Å². The van der Waals surface area contributed by atoms with Crippen LogP contribution in [0.5, 0.6) is 0 Å². The molecule has 0 atom stereocenters. The summed E-state index contributed by atoms with van der Waals surface area (Å²) in [6.45, 7) is 3.56. The van der Waals surface area contributed by atoms with E-state index in [1.807, 2.05) is 0 Å². The average Bonchev–Trinajstić information content (AvgIpc) is 2.32. The van der Waals surface area contributed by atoms with Gasteiger partial charge in [0.15, 0.2) is 0 Å². The first-order chi connectivity index (χ1) is 7.30. The van der Waals surface area contributed by atoms with Crippen molar-refractivity contribution >= 4 is 38.9 Å². The maximum absolute atomic E-state index is 12.2. The van der Waals surface area contributed by atoms with E-state index >= 15 is 0 Å². The van der Waals surface area contributed by atoms with E-state index in [0.29, 0.717) is 11.3 Å². The second kappa shape index (κ2) is 3.52. The summed E-state index contributed by atoms with van der Waals surface area (Å²) in [4.78, 5) is 0. The fraction of sp³-hybridized carbons (Fsp3) is 0.400. The van der Waals surface area contributed by atoms with Crippen molar-refractivity contribution in [1.29, 1.82) is 0 Å². The van der Waals surface area contributed by atoms with Gasteiger partial charge in [-0.05, 0) is 19.9 Å². The van der Waals surface area contributed by atoms with E-state index in [1.165, 1.54) is 4.31 Å². The van der Waals surface area contributed by atoms with Gasteiger partial charge in [0.05, 0.1) is 5.69 Å². The quantitative estimate of drug-likeness (QED) is 0.742. The lowest BCUT2D eigenvalue weighted by atomic mass is 10.2. The molecule has 0 aromatic heterocycles. The van der Waals surface area contributed by atoms with E-state index in [2.05, 4.69) is 0 Å². The minimum Gasteiger partial charge on any atom is -0.265 e. The molecule has 0 bridgehead atoms. The van der Waals surface area contributed by atoms with Gasteiger partial charge < -0.3 is 0 Å². The third kappa shape index (κ3) is 1.36. The Bertz CT molecular complexity index is 525. The smallest absolute Gasteiger partial charge is 0.265 e. The Morgan fingerprint density at radius 2 is 1.81 bits per heavy atom. The molecule has 16 heavy (non-hydrogen) atoms. The summed E-state index contributed by atoms with van der Waals surface area (Å²) in [5.74, 6) is 0. The Labute approximate surface area is 105 Å². The van der Waals surface area contributed by atoms with Gasteiger partial charge in [-0.1, -0.05) is 41.4 Å². The molecule has 0 N–H and O–H groups in total. The van der Waals surface area contributed by atoms with Crippen molar-refractivity contribution in [2.45, 2.75) is 23.6 Å². The molecule has 3 nitrogen and oxygen atoms in total. The summed E-state index contributed by atoms with van der Waals surface area (Å²) in [5.41, 5.74) is 0.981. The summed E-state index contributed by atoms with van der Waals surface area (Å²) < 4.78 is 23.7. The van der Waals surface area contributed by atoms with Crippen LogP contribution in [0.25, 0.3) is 0 Å². The number of rotatable bonds is 1. The number of sulfonamides is 1. The highest BCUT2D eigenvalue weighted by molar-refractivity contribution is 7.96. The molecule has 1 aromatic carbocycles. The van der Waals surface area contributed by atoms with Crippen molar-refractivity contribution in [3.8, 4) is 0 Å². The van der Waals surface area contributed by atoms with E-state index < -0.39 is 13.7 Å². The normalized spacial score (nSPS) is 21.2. The molecule has 0 unspecified atom stereocenters. The van der Waals surface area contributed by atoms with E-state index in [1.54, 1.807) is 38.1 Å². The molecular formula is C10H11Cl2NO2S. The van der Waals surface area contributed by atoms with Crippen molar-refractivity contribution in [3.05, 3.63) is 29.8 Å². The van der Waals surface area contributed by atoms with Crippen LogP contribution in [-0.2, 0) is 13.7 Å². The third-order valence-electron chi connectivity index (χ3n) is 2.51. The lowest BCUT2D eigenvalue weighted by molar-refractivity contribution is 0.583. The van der Waals surface area contributed by atoms with Crippen molar-refractivity contribution in [3.63, 3.8) is 0 Å². The fourth-order valence-corrected chi connectivity index (χ4v) is 4.30. The molecule has 6 heteroatoms. The Hall–Kier alpha value is -0.450. The second-order valence-electron chi connectivity index (χ2n) is 3.93. The van der Waals surface area contributed by atoms with Crippen LogP contribution in [-0.4, -0.2) is 14.5 Å². The van der Waals surface area contributed by atoms with Crippen LogP contribution in [0.1, 0.15) is 19.4 Å². The number of halogens is 2. The number of hydrogen-bond donors (Lipinski definition) is 0. The number of anilines is 1. The first kappa shape index (κ1) is 12.0. The molecule has 0 radical (unpaired) electrons. The Morgan fingerprint density at radius 3 is 2.38 bits per heavy atom. The van der Waals surface area contributed by atoms with Gasteiger partial charge in [-0.25, -0.2) is 8.42 Å². The zero-order valence-electron chi connectivity index (χ0n) is 8.81. The first-order valence-electron chi connectivity index (χ1n) is 4.81. The summed E-state index contributed by atoms with van der Waals surface area (Å²) in [5, 5.41) is 0. The second-order valence-corrected chi connectivity index (χ2v) is 7.66. The number of fused-ring (bicyclic) bond motifs is 1. The highest BCUT2D eigenvalue weighted by atomic mass is 35.5. The predicted octanol–water partition coefficient (Wildman–Crippen LogP) is 2.83. The lowest BCUT2D eigenvalue weighted by Gasteiger charge is -2.24. The topological polar surface area (TPSA) is 37.4 Å². The Balaban J connectivity index is 2.77. The molecule has 1 aromatic rings. The minimum atomic E-state index is -3.76. The summed E-state index contributed by atoms with van der Waals surface area (Å²) in [6, 6.07) is 6.61. The van der Waals surface area contributed by atoms with E-state index in [-0.39, 0.29) is 6.04 Å². The van der Waals surface area contributed by atoms with Gasteiger partial charge in [0, 0.05) is 11.6 Å². The first-order valence-corrected chi connectivity index (χ1v) is 7.01. The standard InChI is InChI=1S/C10H11Cl2NO2S/c1-7(2)13-9-6-4-3-5-8(9)10(11,12)16(13,14)15/h3-7H,1-2H3. The number of para-hydroxylation sites is 1. The van der Waals surface area contributed by atoms with Crippen molar-refractivity contribution in [2.75, 3.05) is 4.31 Å². The van der Waals surface area contributed by atoms with Crippen LogP contribution in [0.2, 0.25) is 0 Å². The molecule has 2 rings (SSSR count). The van der Waals surface area contributed by atoms with Gasteiger partial charge in [-0.3, -0.25) is 4.31 Å². The van der Waals surface area contributed by atoms with Crippen LogP contribution in [0.4, 0.5) is 5.69 Å². The maximum atomic E-state index is 12.2. The third-order valence-corrected chi connectivity index (χ3v) is 6.09. The largest absolute Gasteiger partial charge is 0.274 e. The van der Waals surface area contributed by atoms with Crippen LogP contribution in [0, 0.1) is 0 Å². The van der Waals surface area contributed by atoms with Gasteiger partial charge in [0.2, 0.25) is 0 Å². The van der Waals surface area contributed by atoms with Gasteiger partial charge in [-0.2, -0.15) is 0 Å². The predicted molar refractivity (Wildman–Crippen MR) is 66.4 cm³/mol. The van der Waals surface area contributed by atoms with Gasteiger partial charge >= 0.3 is 0 Å². The molecule has 0 amide bonds. The molecule has 0 aliphatic carbocycles. The molecule has 88 valence electrons. The molecule has 1 aliphatic heterocycles. The number of hydrogen-bond acceptors (Lipinski definition) is 2. The highest BCUT2D eigenvalue weighted by Crippen LogP contribution is 2.53. The molecular weight excluding hydrogens is 269 g/mol. The number of benzene rings is 1. The average molecular weight is 280 g/mol. The number of alkyl halides is 2. The zero-order chi connectivity index (χ0) is 12.1. The van der Waals surface area contributed by atoms with E-state index in [0.717, 1.165) is 0 Å². The summed E-state index contributed by atoms with van der Waals surface area (Å²) in [7, 11) is -3.76. The monoisotopic (exact) mass is 279 g/mol. The van der Waals surface area contributed by atoms with Crippen LogP contribution < -0.4 is 4.31 Å². The van der Waals surface area contributed by atoms with Gasteiger partial charge in [0.25, 0.3) is 13.7 Å². The summed E-state index contributed by atoms with van der Waals surface area (Å²) >= 11 is 11.9. The fourth-order valence-electron chi connectivity index (χ4n) is 1.86. The van der Waals surface area contributed by atoms with Crippen molar-refractivity contribution < 1.29 is 8.42 Å². The van der Waals surface area contributed by atoms with E-state index in [4.69, 9.17) is 23.2 Å². The van der Waals surface area contributed by atoms with Crippen LogP contribution >= 0.6 is 23.2 Å².